The molecule has 1 heterocycles. The Bertz CT molecular complexity index is 442. The van der Waals surface area contributed by atoms with E-state index in [0.29, 0.717) is 18.9 Å². The summed E-state index contributed by atoms with van der Waals surface area (Å²) in [5, 5.41) is 9.12. The molecule has 1 aromatic carbocycles. The Kier molecular flexibility index (Phi) is 5.32. The van der Waals surface area contributed by atoms with Crippen molar-refractivity contribution in [3.63, 3.8) is 0 Å². The molecule has 0 aliphatic carbocycles. The molecular formula is C17H25NO2. The Morgan fingerprint density at radius 1 is 1.20 bits per heavy atom. The first-order valence-corrected chi connectivity index (χ1v) is 7.53. The molecule has 0 unspecified atom stereocenters. The molecule has 0 spiro atoms. The highest BCUT2D eigenvalue weighted by Gasteiger charge is 2.19. The van der Waals surface area contributed by atoms with Crippen molar-refractivity contribution in [3.8, 4) is 0 Å². The summed E-state index contributed by atoms with van der Waals surface area (Å²) in [5.74, 6) is 0.697. The van der Waals surface area contributed by atoms with Crippen LogP contribution in [0.5, 0.6) is 0 Å². The maximum atomic E-state index is 12.2. The van der Waals surface area contributed by atoms with E-state index < -0.39 is 0 Å². The van der Waals surface area contributed by atoms with E-state index in [1.807, 2.05) is 26.0 Å². The van der Waals surface area contributed by atoms with Crippen molar-refractivity contribution in [3.05, 3.63) is 34.9 Å². The van der Waals surface area contributed by atoms with Crippen LogP contribution >= 0.6 is 0 Å². The minimum Gasteiger partial charge on any atom is -0.396 e. The van der Waals surface area contributed by atoms with E-state index in [1.165, 1.54) is 0 Å². The Morgan fingerprint density at radius 3 is 2.35 bits per heavy atom. The first-order valence-electron chi connectivity index (χ1n) is 7.53. The van der Waals surface area contributed by atoms with Gasteiger partial charge >= 0.3 is 0 Å². The highest BCUT2D eigenvalue weighted by Crippen LogP contribution is 2.17. The zero-order valence-corrected chi connectivity index (χ0v) is 12.6. The van der Waals surface area contributed by atoms with Crippen LogP contribution in [0, 0.1) is 19.8 Å². The van der Waals surface area contributed by atoms with Crippen molar-refractivity contribution in [2.24, 2.45) is 5.92 Å². The molecule has 3 nitrogen and oxygen atoms in total. The monoisotopic (exact) mass is 275 g/mol. The number of ketones is 1. The number of aliphatic hydroxyl groups is 1. The number of rotatable bonds is 5. The summed E-state index contributed by atoms with van der Waals surface area (Å²) in [6, 6.07) is 6.05. The van der Waals surface area contributed by atoms with Crippen LogP contribution in [0.25, 0.3) is 0 Å². The van der Waals surface area contributed by atoms with Crippen LogP contribution in [0.15, 0.2) is 18.2 Å². The van der Waals surface area contributed by atoms with E-state index in [4.69, 9.17) is 5.11 Å². The van der Waals surface area contributed by atoms with Crippen LogP contribution in [-0.2, 0) is 0 Å². The Labute approximate surface area is 121 Å². The number of carbonyl (C=O) groups is 1. The summed E-state index contributed by atoms with van der Waals surface area (Å²) < 4.78 is 0. The number of hydrogen-bond donors (Lipinski definition) is 1. The number of carbonyl (C=O) groups excluding carboxylic acids is 1. The molecule has 3 heteroatoms. The second-order valence-electron chi connectivity index (χ2n) is 6.02. The summed E-state index contributed by atoms with van der Waals surface area (Å²) in [5.41, 5.74) is 3.14. The molecule has 110 valence electrons. The average molecular weight is 275 g/mol. The summed E-state index contributed by atoms with van der Waals surface area (Å²) in [6.45, 7) is 7.21. The lowest BCUT2D eigenvalue weighted by Crippen LogP contribution is -2.36. The van der Waals surface area contributed by atoms with Gasteiger partial charge in [-0.15, -0.1) is 0 Å². The maximum absolute atomic E-state index is 12.2. The minimum absolute atomic E-state index is 0.237. The Hall–Kier alpha value is -1.19. The molecule has 0 radical (unpaired) electrons. The standard InChI is InChI=1S/C17H25NO2/c1-13-9-14(2)11-16(10-13)17(20)5-8-18-6-3-15(12-19)4-7-18/h9-11,15,19H,3-8,12H2,1-2H3. The number of likely N-dealkylation sites (tertiary alicyclic amines) is 1. The molecule has 0 atom stereocenters. The molecule has 1 N–H and O–H groups in total. The Balaban J connectivity index is 1.83. The minimum atomic E-state index is 0.237. The van der Waals surface area contributed by atoms with Crippen LogP contribution in [-0.4, -0.2) is 42.0 Å². The van der Waals surface area contributed by atoms with E-state index in [-0.39, 0.29) is 5.78 Å². The van der Waals surface area contributed by atoms with Gasteiger partial charge in [-0.2, -0.15) is 0 Å². The van der Waals surface area contributed by atoms with Gasteiger partial charge in [0.15, 0.2) is 5.78 Å². The Morgan fingerprint density at radius 2 is 1.80 bits per heavy atom. The average Bonchev–Trinajstić information content (AvgIpc) is 2.44. The smallest absolute Gasteiger partial charge is 0.164 e. The SMILES string of the molecule is Cc1cc(C)cc(C(=O)CCN2CCC(CO)CC2)c1. The summed E-state index contributed by atoms with van der Waals surface area (Å²) in [7, 11) is 0. The highest BCUT2D eigenvalue weighted by molar-refractivity contribution is 5.96. The molecule has 0 bridgehead atoms. The topological polar surface area (TPSA) is 40.5 Å². The van der Waals surface area contributed by atoms with Gasteiger partial charge in [0.25, 0.3) is 0 Å². The highest BCUT2D eigenvalue weighted by atomic mass is 16.3. The summed E-state index contributed by atoms with van der Waals surface area (Å²) in [4.78, 5) is 14.6. The van der Waals surface area contributed by atoms with E-state index in [2.05, 4.69) is 11.0 Å². The van der Waals surface area contributed by atoms with Crippen molar-refractivity contribution in [1.29, 1.82) is 0 Å². The van der Waals surface area contributed by atoms with Gasteiger partial charge in [0, 0.05) is 25.1 Å². The van der Waals surface area contributed by atoms with Crippen LogP contribution in [0.3, 0.4) is 0 Å². The van der Waals surface area contributed by atoms with Gasteiger partial charge < -0.3 is 10.0 Å². The van der Waals surface area contributed by atoms with E-state index >= 15 is 0 Å². The number of aryl methyl sites for hydroxylation is 2. The van der Waals surface area contributed by atoms with Gasteiger partial charge in [-0.25, -0.2) is 0 Å². The predicted molar refractivity (Wildman–Crippen MR) is 81.1 cm³/mol. The quantitative estimate of drug-likeness (QED) is 0.840. The first kappa shape index (κ1) is 15.2. The number of aliphatic hydroxyl groups excluding tert-OH is 1. The second-order valence-corrected chi connectivity index (χ2v) is 6.02. The van der Waals surface area contributed by atoms with E-state index in [9.17, 15) is 4.79 Å². The van der Waals surface area contributed by atoms with Crippen molar-refractivity contribution >= 4 is 5.78 Å². The lowest BCUT2D eigenvalue weighted by Gasteiger charge is -2.30. The van der Waals surface area contributed by atoms with Crippen molar-refractivity contribution in [2.75, 3.05) is 26.2 Å². The van der Waals surface area contributed by atoms with Crippen LogP contribution in [0.4, 0.5) is 0 Å². The zero-order chi connectivity index (χ0) is 14.5. The van der Waals surface area contributed by atoms with Crippen LogP contribution in [0.1, 0.15) is 40.7 Å². The molecule has 20 heavy (non-hydrogen) atoms. The third kappa shape index (κ3) is 4.15. The zero-order valence-electron chi connectivity index (χ0n) is 12.6. The second kappa shape index (κ2) is 7.00. The number of benzene rings is 1. The van der Waals surface area contributed by atoms with Crippen molar-refractivity contribution in [2.45, 2.75) is 33.1 Å². The number of hydrogen-bond acceptors (Lipinski definition) is 3. The molecule has 2 rings (SSSR count). The van der Waals surface area contributed by atoms with E-state index in [0.717, 1.165) is 49.2 Å². The van der Waals surface area contributed by atoms with Gasteiger partial charge in [-0.3, -0.25) is 4.79 Å². The summed E-state index contributed by atoms with van der Waals surface area (Å²) in [6.07, 6.45) is 2.69. The molecule has 1 saturated heterocycles. The van der Waals surface area contributed by atoms with Gasteiger partial charge in [-0.05, 0) is 57.8 Å². The molecule has 1 fully saturated rings. The van der Waals surface area contributed by atoms with Crippen LogP contribution < -0.4 is 0 Å². The van der Waals surface area contributed by atoms with Crippen molar-refractivity contribution in [1.82, 2.24) is 4.90 Å². The molecule has 0 aromatic heterocycles. The van der Waals surface area contributed by atoms with Gasteiger partial charge in [0.2, 0.25) is 0 Å². The fraction of sp³-hybridized carbons (Fsp3) is 0.588. The van der Waals surface area contributed by atoms with Crippen molar-refractivity contribution < 1.29 is 9.90 Å². The predicted octanol–water partition coefficient (Wildman–Crippen LogP) is 2.58. The maximum Gasteiger partial charge on any atom is 0.164 e. The fourth-order valence-corrected chi connectivity index (χ4v) is 2.93. The molecular weight excluding hydrogens is 250 g/mol. The number of piperidine rings is 1. The summed E-state index contributed by atoms with van der Waals surface area (Å²) >= 11 is 0. The van der Waals surface area contributed by atoms with Crippen LogP contribution in [0.2, 0.25) is 0 Å². The number of nitrogens with zero attached hydrogens (tertiary/aromatic N) is 1. The molecule has 1 aliphatic rings. The van der Waals surface area contributed by atoms with Gasteiger partial charge in [0.05, 0.1) is 0 Å². The largest absolute Gasteiger partial charge is 0.396 e. The van der Waals surface area contributed by atoms with Gasteiger partial charge in [-0.1, -0.05) is 17.2 Å². The molecule has 1 aliphatic heterocycles. The molecule has 0 amide bonds. The fourth-order valence-electron chi connectivity index (χ4n) is 2.93. The lowest BCUT2D eigenvalue weighted by molar-refractivity contribution is 0.0932. The van der Waals surface area contributed by atoms with Gasteiger partial charge in [0.1, 0.15) is 0 Å². The first-order chi connectivity index (χ1) is 9.58. The molecule has 1 aromatic rings. The normalized spacial score (nSPS) is 17.4. The lowest BCUT2D eigenvalue weighted by atomic mass is 9.97. The third-order valence-corrected chi connectivity index (χ3v) is 4.16. The molecule has 0 saturated carbocycles. The van der Waals surface area contributed by atoms with E-state index in [1.54, 1.807) is 0 Å². The number of Topliss-reactive ketones (excluding diaryl/α,β-unsaturated/α-hetero) is 1. The third-order valence-electron chi connectivity index (χ3n) is 4.16.